The SMILES string of the molecule is NCCSC[C@H](N)C(=O)N(O)[C@H]1C[C@@H](C(N)=O)N(C(=O)c2nccnc2N)C1. The summed E-state index contributed by atoms with van der Waals surface area (Å²) < 4.78 is 0. The minimum atomic E-state index is -1.04. The predicted octanol–water partition coefficient (Wildman–Crippen LogP) is -2.64. The summed E-state index contributed by atoms with van der Waals surface area (Å²) in [5.41, 5.74) is 22.1. The topological polar surface area (TPSA) is 208 Å². The molecule has 3 atom stereocenters. The van der Waals surface area contributed by atoms with Crippen molar-refractivity contribution in [1.82, 2.24) is 19.9 Å². The number of likely N-dealkylation sites (tertiary alicyclic amines) is 1. The minimum absolute atomic E-state index is 0.0356. The van der Waals surface area contributed by atoms with Gasteiger partial charge in [-0.3, -0.25) is 19.6 Å². The van der Waals surface area contributed by atoms with E-state index in [4.69, 9.17) is 22.9 Å². The van der Waals surface area contributed by atoms with Crippen molar-refractivity contribution in [1.29, 1.82) is 0 Å². The van der Waals surface area contributed by atoms with Crippen LogP contribution in [0.2, 0.25) is 0 Å². The first-order valence-electron chi connectivity index (χ1n) is 8.50. The largest absolute Gasteiger partial charge is 0.382 e. The van der Waals surface area contributed by atoms with Crippen LogP contribution in [0.5, 0.6) is 0 Å². The van der Waals surface area contributed by atoms with Crippen molar-refractivity contribution < 1.29 is 19.6 Å². The van der Waals surface area contributed by atoms with Crippen LogP contribution >= 0.6 is 11.8 Å². The molecule has 1 fully saturated rings. The summed E-state index contributed by atoms with van der Waals surface area (Å²) in [6, 6.07) is -2.84. The third-order valence-corrected chi connectivity index (χ3v) is 5.37. The number of hydroxylamine groups is 2. The van der Waals surface area contributed by atoms with Crippen molar-refractivity contribution >= 4 is 35.3 Å². The highest BCUT2D eigenvalue weighted by Crippen LogP contribution is 2.24. The van der Waals surface area contributed by atoms with E-state index in [1.54, 1.807) is 0 Å². The first-order valence-corrected chi connectivity index (χ1v) is 9.65. The molecule has 2 heterocycles. The van der Waals surface area contributed by atoms with Crippen LogP contribution in [0.25, 0.3) is 0 Å². The molecule has 1 saturated heterocycles. The normalized spacial score (nSPS) is 20.0. The standard InChI is InChI=1S/C15H24N8O4S/c16-1-4-28-7-9(17)14(25)23(27)8-5-10(13(19)24)22(6-8)15(26)11-12(18)21-3-2-20-11/h2-3,8-10,27H,1,4-7,16-17H2,(H2,18,21)(H2,19,24)/t8-,9-,10-/m0/s1. The highest BCUT2D eigenvalue weighted by atomic mass is 32.2. The smallest absolute Gasteiger partial charge is 0.277 e. The van der Waals surface area contributed by atoms with Crippen molar-refractivity contribution in [2.45, 2.75) is 24.5 Å². The molecule has 0 unspecified atom stereocenters. The molecule has 13 heteroatoms. The fourth-order valence-electron chi connectivity index (χ4n) is 2.85. The second-order valence-electron chi connectivity index (χ2n) is 6.21. The van der Waals surface area contributed by atoms with Crippen molar-refractivity contribution in [3.63, 3.8) is 0 Å². The molecule has 28 heavy (non-hydrogen) atoms. The van der Waals surface area contributed by atoms with Crippen LogP contribution in [0.3, 0.4) is 0 Å². The monoisotopic (exact) mass is 412 g/mol. The van der Waals surface area contributed by atoms with Crippen LogP contribution in [0.4, 0.5) is 5.82 Å². The molecule has 0 bridgehead atoms. The number of nitrogens with two attached hydrogens (primary N) is 4. The number of hydrogen-bond acceptors (Lipinski definition) is 10. The van der Waals surface area contributed by atoms with Gasteiger partial charge >= 0.3 is 0 Å². The van der Waals surface area contributed by atoms with Gasteiger partial charge in [-0.05, 0) is 0 Å². The van der Waals surface area contributed by atoms with Gasteiger partial charge < -0.3 is 27.8 Å². The van der Waals surface area contributed by atoms with Crippen LogP contribution in [-0.4, -0.2) is 85.6 Å². The number of thioether (sulfide) groups is 1. The Balaban J connectivity index is 2.12. The van der Waals surface area contributed by atoms with Gasteiger partial charge in [0.1, 0.15) is 6.04 Å². The molecule has 0 spiro atoms. The molecule has 0 saturated carbocycles. The van der Waals surface area contributed by atoms with Gasteiger partial charge in [0.25, 0.3) is 11.8 Å². The van der Waals surface area contributed by atoms with Gasteiger partial charge in [0.15, 0.2) is 11.5 Å². The van der Waals surface area contributed by atoms with Gasteiger partial charge in [-0.25, -0.2) is 15.0 Å². The average molecular weight is 412 g/mol. The lowest BCUT2D eigenvalue weighted by molar-refractivity contribution is -0.175. The third kappa shape index (κ3) is 4.86. The molecule has 1 aliphatic heterocycles. The number of hydrogen-bond donors (Lipinski definition) is 5. The fraction of sp³-hybridized carbons (Fsp3) is 0.533. The Morgan fingerprint density at radius 3 is 2.64 bits per heavy atom. The van der Waals surface area contributed by atoms with Gasteiger partial charge in [0.2, 0.25) is 5.91 Å². The van der Waals surface area contributed by atoms with E-state index in [9.17, 15) is 19.6 Å². The van der Waals surface area contributed by atoms with Crippen LogP contribution < -0.4 is 22.9 Å². The second kappa shape index (κ2) is 9.64. The summed E-state index contributed by atoms with van der Waals surface area (Å²) in [6.45, 7) is 0.313. The van der Waals surface area contributed by atoms with E-state index in [1.807, 2.05) is 0 Å². The van der Waals surface area contributed by atoms with Gasteiger partial charge in [0.05, 0.1) is 12.1 Å². The lowest BCUT2D eigenvalue weighted by Crippen LogP contribution is -2.49. The molecule has 0 aliphatic carbocycles. The number of nitrogen functional groups attached to an aromatic ring is 1. The van der Waals surface area contributed by atoms with Gasteiger partial charge in [-0.15, -0.1) is 0 Å². The van der Waals surface area contributed by atoms with Gasteiger partial charge in [-0.2, -0.15) is 11.8 Å². The van der Waals surface area contributed by atoms with Crippen molar-refractivity contribution in [2.24, 2.45) is 17.2 Å². The summed E-state index contributed by atoms with van der Waals surface area (Å²) in [5, 5.41) is 10.8. The number of carbonyl (C=O) groups is 3. The number of carbonyl (C=O) groups excluding carboxylic acids is 3. The molecule has 2 rings (SSSR count). The Morgan fingerprint density at radius 2 is 2.04 bits per heavy atom. The summed E-state index contributed by atoms with van der Waals surface area (Å²) in [6.07, 6.45) is 2.57. The Morgan fingerprint density at radius 1 is 1.36 bits per heavy atom. The number of amides is 3. The van der Waals surface area contributed by atoms with E-state index in [1.165, 1.54) is 24.2 Å². The maximum Gasteiger partial charge on any atom is 0.277 e. The van der Waals surface area contributed by atoms with Crippen molar-refractivity contribution in [2.75, 3.05) is 30.3 Å². The summed E-state index contributed by atoms with van der Waals surface area (Å²) in [7, 11) is 0. The quantitative estimate of drug-likeness (QED) is 0.170. The van der Waals surface area contributed by atoms with E-state index in [0.717, 1.165) is 4.90 Å². The molecule has 1 aromatic heterocycles. The minimum Gasteiger partial charge on any atom is -0.382 e. The van der Waals surface area contributed by atoms with Crippen molar-refractivity contribution in [3.05, 3.63) is 18.1 Å². The van der Waals surface area contributed by atoms with Crippen LogP contribution in [-0.2, 0) is 9.59 Å². The molecule has 12 nitrogen and oxygen atoms in total. The van der Waals surface area contributed by atoms with Crippen LogP contribution in [0.1, 0.15) is 16.9 Å². The van der Waals surface area contributed by atoms with E-state index >= 15 is 0 Å². The number of aromatic nitrogens is 2. The number of rotatable bonds is 8. The Kier molecular flexibility index (Phi) is 7.51. The molecular formula is C15H24N8O4S. The zero-order chi connectivity index (χ0) is 20.8. The van der Waals surface area contributed by atoms with Gasteiger partial charge in [0, 0.05) is 43.4 Å². The molecule has 9 N–H and O–H groups in total. The molecular weight excluding hydrogens is 388 g/mol. The lowest BCUT2D eigenvalue weighted by atomic mass is 10.1. The Labute approximate surface area is 165 Å². The predicted molar refractivity (Wildman–Crippen MR) is 102 cm³/mol. The van der Waals surface area contributed by atoms with E-state index in [2.05, 4.69) is 9.97 Å². The molecule has 1 aromatic rings. The molecule has 0 radical (unpaired) electrons. The van der Waals surface area contributed by atoms with Crippen LogP contribution in [0.15, 0.2) is 12.4 Å². The lowest BCUT2D eigenvalue weighted by Gasteiger charge is -2.25. The molecule has 0 aromatic carbocycles. The number of primary amides is 1. The van der Waals surface area contributed by atoms with Crippen LogP contribution in [0, 0.1) is 0 Å². The third-order valence-electron chi connectivity index (χ3n) is 4.25. The number of nitrogens with zero attached hydrogens (tertiary/aromatic N) is 4. The average Bonchev–Trinajstić information content (AvgIpc) is 3.12. The maximum atomic E-state index is 12.7. The van der Waals surface area contributed by atoms with Crippen molar-refractivity contribution in [3.8, 4) is 0 Å². The van der Waals surface area contributed by atoms with E-state index in [0.29, 0.717) is 17.4 Å². The summed E-state index contributed by atoms with van der Waals surface area (Å²) >= 11 is 1.38. The summed E-state index contributed by atoms with van der Waals surface area (Å²) in [5.74, 6) is -1.36. The Bertz CT molecular complexity index is 736. The zero-order valence-electron chi connectivity index (χ0n) is 15.1. The van der Waals surface area contributed by atoms with E-state index in [-0.39, 0.29) is 30.2 Å². The van der Waals surface area contributed by atoms with E-state index < -0.39 is 35.8 Å². The second-order valence-corrected chi connectivity index (χ2v) is 7.36. The fourth-order valence-corrected chi connectivity index (χ4v) is 3.58. The molecule has 1 aliphatic rings. The highest BCUT2D eigenvalue weighted by molar-refractivity contribution is 7.99. The highest BCUT2D eigenvalue weighted by Gasteiger charge is 2.43. The van der Waals surface area contributed by atoms with Gasteiger partial charge in [-0.1, -0.05) is 0 Å². The maximum absolute atomic E-state index is 12.7. The summed E-state index contributed by atoms with van der Waals surface area (Å²) in [4.78, 5) is 45.7. The molecule has 154 valence electrons. The Hall–Kier alpha value is -2.48. The number of anilines is 1. The zero-order valence-corrected chi connectivity index (χ0v) is 15.9. The molecule has 3 amide bonds. The first-order chi connectivity index (χ1) is 13.3. The first kappa shape index (κ1) is 21.8.